The normalized spacial score (nSPS) is 23.3. The molecule has 0 radical (unpaired) electrons. The number of benzene rings is 1. The molecule has 0 bridgehead atoms. The number of piperidine rings is 1. The van der Waals surface area contributed by atoms with E-state index in [2.05, 4.69) is 16.3 Å². The summed E-state index contributed by atoms with van der Waals surface area (Å²) in [5.74, 6) is 0.144. The molecule has 2 heterocycles. The van der Waals surface area contributed by atoms with Crippen LogP contribution in [0.4, 0.5) is 0 Å². The summed E-state index contributed by atoms with van der Waals surface area (Å²) in [6.45, 7) is 7.54. The minimum atomic E-state index is 0.0259. The van der Waals surface area contributed by atoms with E-state index in [1.807, 2.05) is 32.0 Å². The number of nitrogens with zero attached hydrogens (tertiary/aromatic N) is 1. The molecule has 1 aromatic rings. The maximum Gasteiger partial charge on any atom is 0.222 e. The number of carbonyl (C=O) groups is 1. The Bertz CT molecular complexity index is 597. The van der Waals surface area contributed by atoms with Crippen molar-refractivity contribution in [2.24, 2.45) is 5.92 Å². The van der Waals surface area contributed by atoms with Gasteiger partial charge in [0, 0.05) is 37.1 Å². The highest BCUT2D eigenvalue weighted by Gasteiger charge is 2.42. The standard InChI is InChI=1S/C20H29ClN2O2/c1-15(2)19(24)22-13-18-6-7-20(25-18)8-10-23(11-9-20)14-16-4-3-5-17(21)12-16/h3-5,12,15,18H,6-11,13-14H2,1-2H3,(H,22,24). The summed E-state index contributed by atoms with van der Waals surface area (Å²) in [7, 11) is 0. The molecule has 25 heavy (non-hydrogen) atoms. The Labute approximate surface area is 155 Å². The van der Waals surface area contributed by atoms with Crippen LogP contribution in [0.5, 0.6) is 0 Å². The van der Waals surface area contributed by atoms with E-state index in [4.69, 9.17) is 16.3 Å². The Morgan fingerprint density at radius 2 is 2.12 bits per heavy atom. The van der Waals surface area contributed by atoms with E-state index >= 15 is 0 Å². The lowest BCUT2D eigenvalue weighted by atomic mass is 9.88. The highest BCUT2D eigenvalue weighted by Crippen LogP contribution is 2.39. The first kappa shape index (κ1) is 18.7. The molecule has 0 aromatic heterocycles. The van der Waals surface area contributed by atoms with Crippen molar-refractivity contribution in [2.75, 3.05) is 19.6 Å². The molecule has 2 aliphatic heterocycles. The van der Waals surface area contributed by atoms with Gasteiger partial charge in [-0.3, -0.25) is 9.69 Å². The van der Waals surface area contributed by atoms with Crippen molar-refractivity contribution >= 4 is 17.5 Å². The fourth-order valence-corrected chi connectivity index (χ4v) is 4.05. The SMILES string of the molecule is CC(C)C(=O)NCC1CCC2(CCN(Cc3cccc(Cl)c3)CC2)O1. The van der Waals surface area contributed by atoms with Crippen LogP contribution in [0.2, 0.25) is 5.02 Å². The minimum absolute atomic E-state index is 0.0259. The van der Waals surface area contributed by atoms with E-state index < -0.39 is 0 Å². The molecule has 1 N–H and O–H groups in total. The Morgan fingerprint density at radius 1 is 1.36 bits per heavy atom. The van der Waals surface area contributed by atoms with Gasteiger partial charge in [-0.1, -0.05) is 37.6 Å². The van der Waals surface area contributed by atoms with Crippen LogP contribution in [0.15, 0.2) is 24.3 Å². The van der Waals surface area contributed by atoms with Gasteiger partial charge in [0.2, 0.25) is 5.91 Å². The maximum absolute atomic E-state index is 11.7. The van der Waals surface area contributed by atoms with E-state index in [9.17, 15) is 4.79 Å². The lowest BCUT2D eigenvalue weighted by Crippen LogP contribution is -2.45. The summed E-state index contributed by atoms with van der Waals surface area (Å²) >= 11 is 6.08. The number of likely N-dealkylation sites (tertiary alicyclic amines) is 1. The lowest BCUT2D eigenvalue weighted by Gasteiger charge is -2.39. The van der Waals surface area contributed by atoms with E-state index in [0.717, 1.165) is 50.3 Å². The van der Waals surface area contributed by atoms with Gasteiger partial charge in [-0.05, 0) is 43.4 Å². The molecule has 2 fully saturated rings. The number of rotatable bonds is 5. The van der Waals surface area contributed by atoms with Crippen LogP contribution < -0.4 is 5.32 Å². The van der Waals surface area contributed by atoms with Crippen molar-refractivity contribution in [2.45, 2.75) is 57.8 Å². The van der Waals surface area contributed by atoms with E-state index in [0.29, 0.717) is 6.54 Å². The molecule has 4 nitrogen and oxygen atoms in total. The third-order valence-corrected chi connectivity index (χ3v) is 5.66. The Balaban J connectivity index is 1.45. The lowest BCUT2D eigenvalue weighted by molar-refractivity contribution is -0.125. The Kier molecular flexibility index (Phi) is 6.03. The molecule has 138 valence electrons. The molecule has 1 spiro atoms. The van der Waals surface area contributed by atoms with Gasteiger partial charge in [0.05, 0.1) is 11.7 Å². The summed E-state index contributed by atoms with van der Waals surface area (Å²) in [5, 5.41) is 3.81. The molecular formula is C20H29ClN2O2. The first-order valence-corrected chi connectivity index (χ1v) is 9.76. The number of halogens is 1. The van der Waals surface area contributed by atoms with Gasteiger partial charge in [-0.15, -0.1) is 0 Å². The molecule has 0 saturated carbocycles. The number of hydrogen-bond acceptors (Lipinski definition) is 3. The van der Waals surface area contributed by atoms with Gasteiger partial charge in [-0.25, -0.2) is 0 Å². The molecule has 1 aromatic carbocycles. The summed E-state index contributed by atoms with van der Waals surface area (Å²) in [5.41, 5.74) is 1.29. The zero-order chi connectivity index (χ0) is 17.9. The highest BCUT2D eigenvalue weighted by molar-refractivity contribution is 6.30. The van der Waals surface area contributed by atoms with Crippen LogP contribution in [0.1, 0.15) is 45.1 Å². The number of ether oxygens (including phenoxy) is 1. The fraction of sp³-hybridized carbons (Fsp3) is 0.650. The second-order valence-electron chi connectivity index (χ2n) is 7.77. The van der Waals surface area contributed by atoms with E-state index in [1.165, 1.54) is 5.56 Å². The first-order valence-electron chi connectivity index (χ1n) is 9.38. The number of amides is 1. The molecule has 1 atom stereocenters. The molecule has 2 saturated heterocycles. The van der Waals surface area contributed by atoms with Crippen LogP contribution in [-0.4, -0.2) is 42.1 Å². The monoisotopic (exact) mass is 364 g/mol. The Morgan fingerprint density at radius 3 is 2.80 bits per heavy atom. The zero-order valence-electron chi connectivity index (χ0n) is 15.3. The molecule has 0 aliphatic carbocycles. The van der Waals surface area contributed by atoms with Gasteiger partial charge in [0.25, 0.3) is 0 Å². The molecule has 1 amide bonds. The van der Waals surface area contributed by atoms with Gasteiger partial charge in [-0.2, -0.15) is 0 Å². The number of hydrogen-bond donors (Lipinski definition) is 1. The zero-order valence-corrected chi connectivity index (χ0v) is 16.0. The molecule has 2 aliphatic rings. The van der Waals surface area contributed by atoms with Crippen molar-refractivity contribution in [3.63, 3.8) is 0 Å². The van der Waals surface area contributed by atoms with Crippen molar-refractivity contribution in [3.8, 4) is 0 Å². The average molecular weight is 365 g/mol. The topological polar surface area (TPSA) is 41.6 Å². The van der Waals surface area contributed by atoms with Crippen molar-refractivity contribution in [1.82, 2.24) is 10.2 Å². The van der Waals surface area contributed by atoms with Gasteiger partial charge < -0.3 is 10.1 Å². The molecule has 1 unspecified atom stereocenters. The smallest absolute Gasteiger partial charge is 0.222 e. The third kappa shape index (κ3) is 4.96. The third-order valence-electron chi connectivity index (χ3n) is 5.43. The first-order chi connectivity index (χ1) is 12.0. The van der Waals surface area contributed by atoms with E-state index in [1.54, 1.807) is 0 Å². The summed E-state index contributed by atoms with van der Waals surface area (Å²) < 4.78 is 6.38. The summed E-state index contributed by atoms with van der Waals surface area (Å²) in [6.07, 6.45) is 4.47. The average Bonchev–Trinajstić information content (AvgIpc) is 2.98. The number of nitrogens with one attached hydrogen (secondary N) is 1. The number of carbonyl (C=O) groups excluding carboxylic acids is 1. The van der Waals surface area contributed by atoms with Crippen molar-refractivity contribution < 1.29 is 9.53 Å². The summed E-state index contributed by atoms with van der Waals surface area (Å²) in [6, 6.07) is 8.11. The largest absolute Gasteiger partial charge is 0.370 e. The molecular weight excluding hydrogens is 336 g/mol. The predicted molar refractivity (Wildman–Crippen MR) is 101 cm³/mol. The fourth-order valence-electron chi connectivity index (χ4n) is 3.84. The maximum atomic E-state index is 11.7. The Hall–Kier alpha value is -1.10. The van der Waals surface area contributed by atoms with Crippen molar-refractivity contribution in [1.29, 1.82) is 0 Å². The second kappa shape index (κ2) is 8.07. The van der Waals surface area contributed by atoms with Crippen LogP contribution in [-0.2, 0) is 16.1 Å². The molecule has 5 heteroatoms. The van der Waals surface area contributed by atoms with Crippen LogP contribution >= 0.6 is 11.6 Å². The van der Waals surface area contributed by atoms with Gasteiger partial charge in [0.1, 0.15) is 0 Å². The van der Waals surface area contributed by atoms with E-state index in [-0.39, 0.29) is 23.5 Å². The minimum Gasteiger partial charge on any atom is -0.370 e. The quantitative estimate of drug-likeness (QED) is 0.867. The summed E-state index contributed by atoms with van der Waals surface area (Å²) in [4.78, 5) is 14.2. The van der Waals surface area contributed by atoms with Gasteiger partial charge in [0.15, 0.2) is 0 Å². The van der Waals surface area contributed by atoms with Crippen molar-refractivity contribution in [3.05, 3.63) is 34.9 Å². The van der Waals surface area contributed by atoms with Crippen LogP contribution in [0, 0.1) is 5.92 Å². The van der Waals surface area contributed by atoms with Crippen LogP contribution in [0.25, 0.3) is 0 Å². The predicted octanol–water partition coefficient (Wildman–Crippen LogP) is 3.63. The molecule has 3 rings (SSSR count). The highest BCUT2D eigenvalue weighted by atomic mass is 35.5. The van der Waals surface area contributed by atoms with Gasteiger partial charge >= 0.3 is 0 Å². The second-order valence-corrected chi connectivity index (χ2v) is 8.20. The van der Waals surface area contributed by atoms with Crippen LogP contribution in [0.3, 0.4) is 0 Å².